The van der Waals surface area contributed by atoms with Crippen LogP contribution in [0, 0.1) is 0 Å². The minimum atomic E-state index is 0.306. The molecule has 1 atom stereocenters. The molecule has 0 saturated carbocycles. The highest BCUT2D eigenvalue weighted by atomic mass is 32.2. The lowest BCUT2D eigenvalue weighted by molar-refractivity contribution is 1.02. The van der Waals surface area contributed by atoms with E-state index in [4.69, 9.17) is 4.99 Å². The summed E-state index contributed by atoms with van der Waals surface area (Å²) in [5, 5.41) is 5.46. The summed E-state index contributed by atoms with van der Waals surface area (Å²) in [4.78, 5) is 6.41. The van der Waals surface area contributed by atoms with E-state index in [0.717, 1.165) is 17.8 Å². The molecule has 0 spiro atoms. The van der Waals surface area contributed by atoms with Crippen LogP contribution in [-0.2, 0) is 0 Å². The molecule has 0 aromatic heterocycles. The lowest BCUT2D eigenvalue weighted by Gasteiger charge is -2.18. The summed E-state index contributed by atoms with van der Waals surface area (Å²) in [5.74, 6) is 0. The van der Waals surface area contributed by atoms with Crippen LogP contribution in [0.5, 0.6) is 0 Å². The number of hydrogen-bond acceptors (Lipinski definition) is 2. The summed E-state index contributed by atoms with van der Waals surface area (Å²) in [7, 11) is 0. The zero-order valence-corrected chi connectivity index (χ0v) is 17.8. The van der Waals surface area contributed by atoms with E-state index in [1.54, 1.807) is 0 Å². The van der Waals surface area contributed by atoms with Crippen molar-refractivity contribution < 1.29 is 0 Å². The van der Waals surface area contributed by atoms with Gasteiger partial charge in [0.05, 0.1) is 5.69 Å². The third kappa shape index (κ3) is 3.43. The van der Waals surface area contributed by atoms with Crippen molar-refractivity contribution in [2.24, 2.45) is 4.99 Å². The summed E-state index contributed by atoms with van der Waals surface area (Å²) in [6.07, 6.45) is 0.895. The van der Waals surface area contributed by atoms with E-state index in [-0.39, 0.29) is 0 Å². The Morgan fingerprint density at radius 1 is 0.645 bits per heavy atom. The molecule has 0 fully saturated rings. The maximum Gasteiger partial charge on any atom is 0.0769 e. The lowest BCUT2D eigenvalue weighted by Crippen LogP contribution is -2.06. The topological polar surface area (TPSA) is 12.4 Å². The second-order valence-electron chi connectivity index (χ2n) is 7.97. The van der Waals surface area contributed by atoms with Crippen molar-refractivity contribution in [2.45, 2.75) is 16.6 Å². The molecule has 1 heterocycles. The Balaban J connectivity index is 1.51. The molecule has 0 N–H and O–H groups in total. The van der Waals surface area contributed by atoms with Crippen molar-refractivity contribution in [1.29, 1.82) is 0 Å². The van der Waals surface area contributed by atoms with Gasteiger partial charge >= 0.3 is 0 Å². The molecule has 6 rings (SSSR count). The summed E-state index contributed by atoms with van der Waals surface area (Å²) in [5.41, 5.74) is 4.81. The van der Waals surface area contributed by atoms with Crippen LogP contribution >= 0.6 is 11.8 Å². The number of hydrogen-bond donors (Lipinski definition) is 0. The standard InChI is InChI=1S/C29H21NS/c1-2-10-22-18-23(17-16-20(22)8-1)27-19-29(31-28-15-6-5-14-26(28)30-27)25-13-7-11-21-9-3-4-12-24(21)25/h1-18,29H,19H2. The molecule has 0 saturated heterocycles. The molecule has 0 amide bonds. The van der Waals surface area contributed by atoms with Gasteiger partial charge in [0.15, 0.2) is 0 Å². The number of aliphatic imine (C=N–C) groups is 1. The van der Waals surface area contributed by atoms with Crippen LogP contribution in [0.25, 0.3) is 21.5 Å². The molecular weight excluding hydrogens is 394 g/mol. The van der Waals surface area contributed by atoms with Gasteiger partial charge in [-0.05, 0) is 50.9 Å². The zero-order chi connectivity index (χ0) is 20.6. The first-order chi connectivity index (χ1) is 15.3. The molecule has 148 valence electrons. The highest BCUT2D eigenvalue weighted by Gasteiger charge is 2.23. The lowest BCUT2D eigenvalue weighted by atomic mass is 9.96. The van der Waals surface area contributed by atoms with E-state index in [0.29, 0.717) is 5.25 Å². The Hall–Kier alpha value is -3.36. The SMILES string of the molecule is c1ccc2c(c1)N=C(c1ccc3ccccc3c1)CC(c1cccc3ccccc13)S2. The Morgan fingerprint density at radius 2 is 1.39 bits per heavy atom. The third-order valence-corrected chi connectivity index (χ3v) is 7.33. The molecule has 1 aliphatic rings. The first kappa shape index (κ1) is 18.4. The van der Waals surface area contributed by atoms with Crippen molar-refractivity contribution in [1.82, 2.24) is 0 Å². The smallest absolute Gasteiger partial charge is 0.0769 e. The maximum absolute atomic E-state index is 5.17. The van der Waals surface area contributed by atoms with Crippen LogP contribution in [0.15, 0.2) is 119 Å². The molecule has 5 aromatic carbocycles. The number of thioether (sulfide) groups is 1. The Morgan fingerprint density at radius 3 is 2.32 bits per heavy atom. The van der Waals surface area contributed by atoms with Crippen LogP contribution in [0.4, 0.5) is 5.69 Å². The zero-order valence-electron chi connectivity index (χ0n) is 17.0. The van der Waals surface area contributed by atoms with E-state index in [1.807, 2.05) is 11.8 Å². The van der Waals surface area contributed by atoms with E-state index >= 15 is 0 Å². The van der Waals surface area contributed by atoms with E-state index in [1.165, 1.54) is 37.6 Å². The second kappa shape index (κ2) is 7.72. The largest absolute Gasteiger partial charge is 0.252 e. The molecule has 1 aliphatic heterocycles. The first-order valence-corrected chi connectivity index (χ1v) is 11.5. The molecule has 2 heteroatoms. The molecule has 1 unspecified atom stereocenters. The van der Waals surface area contributed by atoms with Gasteiger partial charge in [-0.2, -0.15) is 0 Å². The van der Waals surface area contributed by atoms with Crippen LogP contribution in [0.1, 0.15) is 22.8 Å². The van der Waals surface area contributed by atoms with Gasteiger partial charge in [-0.15, -0.1) is 11.8 Å². The summed E-state index contributed by atoms with van der Waals surface area (Å²) in [6, 6.07) is 39.2. The van der Waals surface area contributed by atoms with Crippen LogP contribution in [0.3, 0.4) is 0 Å². The molecule has 31 heavy (non-hydrogen) atoms. The fourth-order valence-electron chi connectivity index (χ4n) is 4.47. The van der Waals surface area contributed by atoms with Gasteiger partial charge < -0.3 is 0 Å². The van der Waals surface area contributed by atoms with Crippen LogP contribution in [0.2, 0.25) is 0 Å². The number of rotatable bonds is 2. The average molecular weight is 416 g/mol. The molecule has 0 bridgehead atoms. The highest BCUT2D eigenvalue weighted by molar-refractivity contribution is 7.99. The highest BCUT2D eigenvalue weighted by Crippen LogP contribution is 2.47. The summed E-state index contributed by atoms with van der Waals surface area (Å²) in [6.45, 7) is 0. The summed E-state index contributed by atoms with van der Waals surface area (Å²) >= 11 is 1.93. The van der Waals surface area contributed by atoms with Gasteiger partial charge in [0.1, 0.15) is 0 Å². The normalized spacial score (nSPS) is 16.0. The first-order valence-electron chi connectivity index (χ1n) is 10.7. The van der Waals surface area contributed by atoms with Crippen molar-refractivity contribution in [3.63, 3.8) is 0 Å². The van der Waals surface area contributed by atoms with Gasteiger partial charge in [0.25, 0.3) is 0 Å². The molecular formula is C29H21NS. The quantitative estimate of drug-likeness (QED) is 0.282. The van der Waals surface area contributed by atoms with E-state index < -0.39 is 0 Å². The number of para-hydroxylation sites is 1. The number of benzene rings is 5. The number of nitrogens with zero attached hydrogens (tertiary/aromatic N) is 1. The van der Waals surface area contributed by atoms with Gasteiger partial charge in [-0.3, -0.25) is 4.99 Å². The Labute approximate surface area is 186 Å². The van der Waals surface area contributed by atoms with Crippen molar-refractivity contribution in [3.05, 3.63) is 120 Å². The van der Waals surface area contributed by atoms with Crippen molar-refractivity contribution >= 4 is 44.7 Å². The number of fused-ring (bicyclic) bond motifs is 3. The summed E-state index contributed by atoms with van der Waals surface area (Å²) < 4.78 is 0. The fraction of sp³-hybridized carbons (Fsp3) is 0.0690. The molecule has 0 radical (unpaired) electrons. The van der Waals surface area contributed by atoms with Crippen molar-refractivity contribution in [3.8, 4) is 0 Å². The predicted octanol–water partition coefficient (Wildman–Crippen LogP) is 8.35. The monoisotopic (exact) mass is 415 g/mol. The van der Waals surface area contributed by atoms with E-state index in [2.05, 4.69) is 109 Å². The van der Waals surface area contributed by atoms with Crippen molar-refractivity contribution in [2.75, 3.05) is 0 Å². The van der Waals surface area contributed by atoms with Gasteiger partial charge in [-0.1, -0.05) is 91.0 Å². The van der Waals surface area contributed by atoms with E-state index in [9.17, 15) is 0 Å². The minimum absolute atomic E-state index is 0.306. The van der Waals surface area contributed by atoms with Gasteiger partial charge in [0, 0.05) is 22.3 Å². The van der Waals surface area contributed by atoms with Gasteiger partial charge in [-0.25, -0.2) is 0 Å². The minimum Gasteiger partial charge on any atom is -0.252 e. The molecule has 1 nitrogen and oxygen atoms in total. The Bertz CT molecular complexity index is 1440. The predicted molar refractivity (Wildman–Crippen MR) is 134 cm³/mol. The third-order valence-electron chi connectivity index (χ3n) is 6.02. The second-order valence-corrected chi connectivity index (χ2v) is 9.21. The fourth-order valence-corrected chi connectivity index (χ4v) is 5.74. The van der Waals surface area contributed by atoms with Crippen LogP contribution in [-0.4, -0.2) is 5.71 Å². The maximum atomic E-state index is 5.17. The average Bonchev–Trinajstić information content (AvgIpc) is 3.03. The Kier molecular flexibility index (Phi) is 4.58. The molecule has 5 aromatic rings. The van der Waals surface area contributed by atoms with Crippen LogP contribution < -0.4 is 0 Å². The van der Waals surface area contributed by atoms with Gasteiger partial charge in [0.2, 0.25) is 0 Å². The molecule has 0 aliphatic carbocycles.